The van der Waals surface area contributed by atoms with Crippen LogP contribution in [-0.2, 0) is 26.3 Å². The molecule has 108 valence electrons. The number of nitrogens with two attached hydrogens (primary N) is 1. The fourth-order valence-corrected chi connectivity index (χ4v) is 2.26. The van der Waals surface area contributed by atoms with Crippen molar-refractivity contribution in [2.24, 2.45) is 12.8 Å². The molecule has 1 heterocycles. The van der Waals surface area contributed by atoms with Crippen molar-refractivity contribution in [2.45, 2.75) is 32.2 Å². The van der Waals surface area contributed by atoms with Crippen molar-refractivity contribution < 1.29 is 8.78 Å². The summed E-state index contributed by atoms with van der Waals surface area (Å²) in [5.41, 5.74) is 8.37. The van der Waals surface area contributed by atoms with Gasteiger partial charge in [0, 0.05) is 25.2 Å². The molecule has 2 rings (SSSR count). The molecule has 1 unspecified atom stereocenters. The molecule has 0 spiro atoms. The monoisotopic (exact) mass is 279 g/mol. The van der Waals surface area contributed by atoms with Crippen LogP contribution in [0.3, 0.4) is 0 Å². The number of hydrogen-bond donors (Lipinski definition) is 1. The Kier molecular flexibility index (Phi) is 4.49. The summed E-state index contributed by atoms with van der Waals surface area (Å²) in [4.78, 5) is 0. The summed E-state index contributed by atoms with van der Waals surface area (Å²) in [6.45, 7) is 2.04. The molecule has 0 bridgehead atoms. The van der Waals surface area contributed by atoms with Crippen molar-refractivity contribution in [2.75, 3.05) is 0 Å². The molecule has 1 aromatic carbocycles. The van der Waals surface area contributed by atoms with E-state index in [1.54, 1.807) is 10.7 Å². The summed E-state index contributed by atoms with van der Waals surface area (Å²) < 4.78 is 28.5. The third-order valence-electron chi connectivity index (χ3n) is 3.37. The highest BCUT2D eigenvalue weighted by Gasteiger charge is 2.14. The SMILES string of the molecule is CCc1cc(CC(N)Cc2cccc(F)c2F)n(C)n1. The lowest BCUT2D eigenvalue weighted by Crippen LogP contribution is -2.27. The standard InChI is InChI=1S/C15H19F2N3/c1-3-12-9-13(20(2)19-12)8-11(18)7-10-5-4-6-14(16)15(10)17/h4-6,9,11H,3,7-8,18H2,1-2H3. The summed E-state index contributed by atoms with van der Waals surface area (Å²) in [5.74, 6) is -1.63. The molecule has 0 saturated heterocycles. The summed E-state index contributed by atoms with van der Waals surface area (Å²) >= 11 is 0. The van der Waals surface area contributed by atoms with E-state index in [2.05, 4.69) is 5.10 Å². The van der Waals surface area contributed by atoms with Crippen molar-refractivity contribution in [3.05, 3.63) is 52.9 Å². The molecule has 1 aromatic heterocycles. The van der Waals surface area contributed by atoms with Crippen molar-refractivity contribution in [3.63, 3.8) is 0 Å². The van der Waals surface area contributed by atoms with Crippen LogP contribution in [0.5, 0.6) is 0 Å². The first-order chi connectivity index (χ1) is 9.51. The minimum atomic E-state index is -0.830. The van der Waals surface area contributed by atoms with Crippen LogP contribution in [0.2, 0.25) is 0 Å². The Balaban J connectivity index is 2.06. The molecule has 0 saturated carbocycles. The number of halogens is 2. The van der Waals surface area contributed by atoms with Gasteiger partial charge in [-0.25, -0.2) is 8.78 Å². The number of aromatic nitrogens is 2. The third-order valence-corrected chi connectivity index (χ3v) is 3.37. The van der Waals surface area contributed by atoms with Gasteiger partial charge in [-0.1, -0.05) is 19.1 Å². The number of hydrogen-bond acceptors (Lipinski definition) is 2. The molecular weight excluding hydrogens is 260 g/mol. The van der Waals surface area contributed by atoms with Gasteiger partial charge in [-0.15, -0.1) is 0 Å². The minimum Gasteiger partial charge on any atom is -0.327 e. The Bertz CT molecular complexity index is 593. The van der Waals surface area contributed by atoms with Crippen LogP contribution >= 0.6 is 0 Å². The predicted octanol–water partition coefficient (Wildman–Crippen LogP) is 2.37. The lowest BCUT2D eigenvalue weighted by Gasteiger charge is -2.12. The van der Waals surface area contributed by atoms with Crippen LogP contribution in [0.1, 0.15) is 23.9 Å². The Morgan fingerprint density at radius 1 is 1.30 bits per heavy atom. The van der Waals surface area contributed by atoms with Gasteiger partial charge in [0.15, 0.2) is 11.6 Å². The second kappa shape index (κ2) is 6.13. The number of benzene rings is 1. The molecule has 3 nitrogen and oxygen atoms in total. The lowest BCUT2D eigenvalue weighted by molar-refractivity contribution is 0.491. The van der Waals surface area contributed by atoms with Gasteiger partial charge in [0.05, 0.1) is 5.69 Å². The molecule has 0 aliphatic heterocycles. The highest BCUT2D eigenvalue weighted by Crippen LogP contribution is 2.15. The first-order valence-corrected chi connectivity index (χ1v) is 6.71. The number of nitrogens with zero attached hydrogens (tertiary/aromatic N) is 2. The second-order valence-corrected chi connectivity index (χ2v) is 4.99. The molecule has 0 aliphatic rings. The van der Waals surface area contributed by atoms with Crippen LogP contribution in [0, 0.1) is 11.6 Å². The van der Waals surface area contributed by atoms with E-state index in [0.717, 1.165) is 23.9 Å². The zero-order valence-corrected chi connectivity index (χ0v) is 11.7. The maximum atomic E-state index is 13.6. The van der Waals surface area contributed by atoms with E-state index in [1.165, 1.54) is 6.07 Å². The highest BCUT2D eigenvalue weighted by atomic mass is 19.2. The minimum absolute atomic E-state index is 0.272. The predicted molar refractivity (Wildman–Crippen MR) is 74.3 cm³/mol. The van der Waals surface area contributed by atoms with Gasteiger partial charge in [-0.3, -0.25) is 4.68 Å². The van der Waals surface area contributed by atoms with Crippen molar-refractivity contribution in [1.82, 2.24) is 9.78 Å². The second-order valence-electron chi connectivity index (χ2n) is 4.99. The van der Waals surface area contributed by atoms with Crippen LogP contribution in [-0.4, -0.2) is 15.8 Å². The third kappa shape index (κ3) is 3.22. The first-order valence-electron chi connectivity index (χ1n) is 6.71. The molecule has 2 N–H and O–H groups in total. The Morgan fingerprint density at radius 3 is 2.70 bits per heavy atom. The zero-order valence-electron chi connectivity index (χ0n) is 11.7. The van der Waals surface area contributed by atoms with Gasteiger partial charge in [0.2, 0.25) is 0 Å². The molecule has 0 radical (unpaired) electrons. The van der Waals surface area contributed by atoms with E-state index in [0.29, 0.717) is 18.4 Å². The van der Waals surface area contributed by atoms with Gasteiger partial charge < -0.3 is 5.73 Å². The summed E-state index contributed by atoms with van der Waals surface area (Å²) in [6.07, 6.45) is 1.75. The maximum absolute atomic E-state index is 13.6. The van der Waals surface area contributed by atoms with Crippen LogP contribution in [0.25, 0.3) is 0 Å². The summed E-state index contributed by atoms with van der Waals surface area (Å²) in [7, 11) is 1.87. The quantitative estimate of drug-likeness (QED) is 0.913. The van der Waals surface area contributed by atoms with Crippen LogP contribution < -0.4 is 5.73 Å². The van der Waals surface area contributed by atoms with Crippen molar-refractivity contribution >= 4 is 0 Å². The van der Waals surface area contributed by atoms with E-state index in [9.17, 15) is 8.78 Å². The molecule has 0 amide bonds. The average Bonchev–Trinajstić information content (AvgIpc) is 2.76. The van der Waals surface area contributed by atoms with Gasteiger partial charge in [-0.2, -0.15) is 5.10 Å². The highest BCUT2D eigenvalue weighted by molar-refractivity contribution is 5.21. The van der Waals surface area contributed by atoms with E-state index >= 15 is 0 Å². The Labute approximate surface area is 117 Å². The average molecular weight is 279 g/mol. The number of aryl methyl sites for hydroxylation is 2. The summed E-state index contributed by atoms with van der Waals surface area (Å²) in [5, 5.41) is 4.35. The molecule has 0 fully saturated rings. The topological polar surface area (TPSA) is 43.8 Å². The van der Waals surface area contributed by atoms with Crippen molar-refractivity contribution in [3.8, 4) is 0 Å². The molecule has 0 aliphatic carbocycles. The van der Waals surface area contributed by atoms with E-state index in [4.69, 9.17) is 5.73 Å². The molecular formula is C15H19F2N3. The van der Waals surface area contributed by atoms with Gasteiger partial charge in [0.1, 0.15) is 0 Å². The van der Waals surface area contributed by atoms with Gasteiger partial charge in [-0.05, 0) is 30.5 Å². The van der Waals surface area contributed by atoms with E-state index in [1.807, 2.05) is 20.0 Å². The Hall–Kier alpha value is -1.75. The smallest absolute Gasteiger partial charge is 0.162 e. The Morgan fingerprint density at radius 2 is 2.05 bits per heavy atom. The van der Waals surface area contributed by atoms with Gasteiger partial charge >= 0.3 is 0 Å². The summed E-state index contributed by atoms with van der Waals surface area (Å²) in [6, 6.07) is 5.91. The van der Waals surface area contributed by atoms with Gasteiger partial charge in [0.25, 0.3) is 0 Å². The number of rotatable bonds is 5. The van der Waals surface area contributed by atoms with E-state index in [-0.39, 0.29) is 6.04 Å². The van der Waals surface area contributed by atoms with E-state index < -0.39 is 11.6 Å². The zero-order chi connectivity index (χ0) is 14.7. The normalized spacial score (nSPS) is 12.7. The molecule has 5 heteroatoms. The van der Waals surface area contributed by atoms with Crippen LogP contribution in [0.15, 0.2) is 24.3 Å². The first kappa shape index (κ1) is 14.7. The molecule has 20 heavy (non-hydrogen) atoms. The van der Waals surface area contributed by atoms with Crippen molar-refractivity contribution in [1.29, 1.82) is 0 Å². The fourth-order valence-electron chi connectivity index (χ4n) is 2.26. The fraction of sp³-hybridized carbons (Fsp3) is 0.400. The maximum Gasteiger partial charge on any atom is 0.162 e. The lowest BCUT2D eigenvalue weighted by atomic mass is 10.0. The van der Waals surface area contributed by atoms with Crippen LogP contribution in [0.4, 0.5) is 8.78 Å². The molecule has 1 atom stereocenters. The largest absolute Gasteiger partial charge is 0.327 e. The molecule has 2 aromatic rings.